The Morgan fingerprint density at radius 3 is 2.79 bits per heavy atom. The van der Waals surface area contributed by atoms with E-state index in [2.05, 4.69) is 39.5 Å². The van der Waals surface area contributed by atoms with Crippen molar-refractivity contribution < 1.29 is 9.90 Å². The zero-order chi connectivity index (χ0) is 16.8. The number of anilines is 1. The molecule has 2 aliphatic rings. The molecule has 0 saturated heterocycles. The number of carboxylic acids is 1. The molecule has 2 aromatic carbocycles. The van der Waals surface area contributed by atoms with E-state index >= 15 is 0 Å². The van der Waals surface area contributed by atoms with Gasteiger partial charge in [0.15, 0.2) is 0 Å². The summed E-state index contributed by atoms with van der Waals surface area (Å²) in [7, 11) is 0. The Bertz CT molecular complexity index is 864. The summed E-state index contributed by atoms with van der Waals surface area (Å²) in [6.07, 6.45) is 5.17. The lowest BCUT2D eigenvalue weighted by Gasteiger charge is -2.39. The van der Waals surface area contributed by atoms with E-state index in [9.17, 15) is 9.90 Å². The van der Waals surface area contributed by atoms with Gasteiger partial charge in [-0.15, -0.1) is 0 Å². The molecule has 4 rings (SSSR count). The third kappa shape index (κ3) is 2.36. The SMILES string of the molecule is O=C(O)c1ccc(Cl)c2c1[C@H]1C=CC[C@@H]1[C@H](c1ccccc1Br)N2. The Kier molecular flexibility index (Phi) is 3.89. The molecule has 0 saturated carbocycles. The van der Waals surface area contributed by atoms with Gasteiger partial charge in [-0.3, -0.25) is 0 Å². The average molecular weight is 405 g/mol. The summed E-state index contributed by atoms with van der Waals surface area (Å²) >= 11 is 10.0. The molecule has 3 atom stereocenters. The molecular formula is C19H15BrClNO2. The van der Waals surface area contributed by atoms with Gasteiger partial charge in [0.1, 0.15) is 0 Å². The topological polar surface area (TPSA) is 49.3 Å². The highest BCUT2D eigenvalue weighted by Crippen LogP contribution is 2.53. The number of carbonyl (C=O) groups is 1. The minimum absolute atomic E-state index is 0.0585. The number of hydrogen-bond donors (Lipinski definition) is 2. The van der Waals surface area contributed by atoms with Crippen molar-refractivity contribution in [2.75, 3.05) is 5.32 Å². The predicted molar refractivity (Wildman–Crippen MR) is 98.9 cm³/mol. The summed E-state index contributed by atoms with van der Waals surface area (Å²) in [5.74, 6) is -0.584. The van der Waals surface area contributed by atoms with Crippen molar-refractivity contribution in [3.63, 3.8) is 0 Å². The second kappa shape index (κ2) is 5.94. The van der Waals surface area contributed by atoms with Crippen molar-refractivity contribution in [3.8, 4) is 0 Å². The molecule has 0 amide bonds. The van der Waals surface area contributed by atoms with Crippen LogP contribution in [0.1, 0.15) is 39.9 Å². The van der Waals surface area contributed by atoms with E-state index in [4.69, 9.17) is 11.6 Å². The molecule has 122 valence electrons. The number of benzene rings is 2. The van der Waals surface area contributed by atoms with Gasteiger partial charge in [0.25, 0.3) is 0 Å². The third-order valence-corrected chi connectivity index (χ3v) is 5.98. The van der Waals surface area contributed by atoms with Gasteiger partial charge in [-0.05, 0) is 41.7 Å². The first-order valence-electron chi connectivity index (χ1n) is 7.81. The monoisotopic (exact) mass is 403 g/mol. The predicted octanol–water partition coefficient (Wildman–Crippen LogP) is 5.63. The molecule has 1 aliphatic heterocycles. The number of hydrogen-bond acceptors (Lipinski definition) is 2. The summed E-state index contributed by atoms with van der Waals surface area (Å²) in [5, 5.41) is 13.7. The van der Waals surface area contributed by atoms with Crippen molar-refractivity contribution in [2.24, 2.45) is 5.92 Å². The highest BCUT2D eigenvalue weighted by Gasteiger charge is 2.41. The lowest BCUT2D eigenvalue weighted by Crippen LogP contribution is -2.30. The van der Waals surface area contributed by atoms with Crippen molar-refractivity contribution in [2.45, 2.75) is 18.4 Å². The van der Waals surface area contributed by atoms with Crippen LogP contribution in [0.4, 0.5) is 5.69 Å². The second-order valence-corrected chi connectivity index (χ2v) is 7.45. The van der Waals surface area contributed by atoms with Crippen LogP contribution in [0, 0.1) is 5.92 Å². The van der Waals surface area contributed by atoms with Crippen molar-refractivity contribution >= 4 is 39.2 Å². The zero-order valence-electron chi connectivity index (χ0n) is 12.7. The lowest BCUT2D eigenvalue weighted by molar-refractivity contribution is 0.0695. The van der Waals surface area contributed by atoms with Gasteiger partial charge in [0.2, 0.25) is 0 Å². The van der Waals surface area contributed by atoms with Crippen LogP contribution in [-0.4, -0.2) is 11.1 Å². The number of halogens is 2. The normalized spacial score (nSPS) is 24.2. The van der Waals surface area contributed by atoms with Crippen LogP contribution < -0.4 is 5.32 Å². The highest BCUT2D eigenvalue weighted by atomic mass is 79.9. The Hall–Kier alpha value is -1.78. The number of aromatic carboxylic acids is 1. The van der Waals surface area contributed by atoms with Crippen LogP contribution in [-0.2, 0) is 0 Å². The maximum absolute atomic E-state index is 11.7. The molecule has 0 aromatic heterocycles. The van der Waals surface area contributed by atoms with Crippen LogP contribution in [0.25, 0.3) is 0 Å². The molecule has 2 N–H and O–H groups in total. The van der Waals surface area contributed by atoms with E-state index < -0.39 is 5.97 Å². The van der Waals surface area contributed by atoms with Crippen LogP contribution >= 0.6 is 27.5 Å². The molecular weight excluding hydrogens is 390 g/mol. The standard InChI is InChI=1S/C19H15BrClNO2/c20-14-7-2-1-4-12(14)17-11-6-3-5-10(11)16-13(19(23)24)8-9-15(21)18(16)22-17/h1-5,7-11,17,22H,6H2,(H,23,24)/t10-,11-,17+/m0/s1. The molecule has 5 heteroatoms. The lowest BCUT2D eigenvalue weighted by atomic mass is 9.75. The molecule has 1 aliphatic carbocycles. The molecule has 0 radical (unpaired) electrons. The number of fused-ring (bicyclic) bond motifs is 3. The Morgan fingerprint density at radius 1 is 1.25 bits per heavy atom. The van der Waals surface area contributed by atoms with E-state index in [1.54, 1.807) is 12.1 Å². The molecule has 2 aromatic rings. The first-order chi connectivity index (χ1) is 11.6. The van der Waals surface area contributed by atoms with Crippen molar-refractivity contribution in [1.29, 1.82) is 0 Å². The van der Waals surface area contributed by atoms with E-state index in [0.717, 1.165) is 22.1 Å². The first kappa shape index (κ1) is 15.7. The van der Waals surface area contributed by atoms with Gasteiger partial charge in [-0.1, -0.05) is 57.9 Å². The fourth-order valence-corrected chi connectivity index (χ4v) is 4.65. The van der Waals surface area contributed by atoms with E-state index in [-0.39, 0.29) is 17.9 Å². The minimum Gasteiger partial charge on any atom is -0.478 e. The second-order valence-electron chi connectivity index (χ2n) is 6.19. The molecule has 1 heterocycles. The number of rotatable bonds is 2. The minimum atomic E-state index is -0.914. The van der Waals surface area contributed by atoms with Gasteiger partial charge < -0.3 is 10.4 Å². The van der Waals surface area contributed by atoms with Crippen LogP contribution in [0.2, 0.25) is 5.02 Å². The summed E-state index contributed by atoms with van der Waals surface area (Å²) in [6.45, 7) is 0. The molecule has 0 unspecified atom stereocenters. The fraction of sp³-hybridized carbons (Fsp3) is 0.211. The van der Waals surface area contributed by atoms with Gasteiger partial charge in [-0.25, -0.2) is 4.79 Å². The number of carboxylic acid groups (broad SMARTS) is 1. The molecule has 3 nitrogen and oxygen atoms in total. The quantitative estimate of drug-likeness (QED) is 0.638. The maximum atomic E-state index is 11.7. The molecule has 0 bridgehead atoms. The third-order valence-electron chi connectivity index (χ3n) is 4.94. The largest absolute Gasteiger partial charge is 0.478 e. The summed E-state index contributed by atoms with van der Waals surface area (Å²) in [5.41, 5.74) is 3.04. The molecule has 24 heavy (non-hydrogen) atoms. The zero-order valence-corrected chi connectivity index (χ0v) is 15.0. The Morgan fingerprint density at radius 2 is 2.04 bits per heavy atom. The van der Waals surface area contributed by atoms with E-state index in [1.807, 2.05) is 18.2 Å². The maximum Gasteiger partial charge on any atom is 0.336 e. The van der Waals surface area contributed by atoms with Gasteiger partial charge >= 0.3 is 5.97 Å². The van der Waals surface area contributed by atoms with E-state index in [1.165, 1.54) is 5.56 Å². The average Bonchev–Trinajstić information content (AvgIpc) is 3.05. The van der Waals surface area contributed by atoms with Gasteiger partial charge in [0.05, 0.1) is 22.3 Å². The summed E-state index contributed by atoms with van der Waals surface area (Å²) in [4.78, 5) is 11.7. The number of nitrogens with one attached hydrogen (secondary N) is 1. The number of allylic oxidation sites excluding steroid dienone is 2. The highest BCUT2D eigenvalue weighted by molar-refractivity contribution is 9.10. The van der Waals surface area contributed by atoms with Crippen LogP contribution in [0.5, 0.6) is 0 Å². The fourth-order valence-electron chi connectivity index (χ4n) is 3.90. The Balaban J connectivity index is 1.90. The Labute approximate surface area is 153 Å². The smallest absolute Gasteiger partial charge is 0.336 e. The van der Waals surface area contributed by atoms with Crippen molar-refractivity contribution in [1.82, 2.24) is 0 Å². The molecule has 0 fully saturated rings. The van der Waals surface area contributed by atoms with Crippen LogP contribution in [0.3, 0.4) is 0 Å². The van der Waals surface area contributed by atoms with Crippen LogP contribution in [0.15, 0.2) is 53.0 Å². The van der Waals surface area contributed by atoms with Gasteiger partial charge in [-0.2, -0.15) is 0 Å². The van der Waals surface area contributed by atoms with Gasteiger partial charge in [0, 0.05) is 10.4 Å². The molecule has 0 spiro atoms. The van der Waals surface area contributed by atoms with Crippen molar-refractivity contribution in [3.05, 3.63) is 74.7 Å². The first-order valence-corrected chi connectivity index (χ1v) is 8.98. The van der Waals surface area contributed by atoms with E-state index in [0.29, 0.717) is 10.6 Å². The summed E-state index contributed by atoms with van der Waals surface area (Å²) in [6, 6.07) is 11.5. The summed E-state index contributed by atoms with van der Waals surface area (Å²) < 4.78 is 1.04.